The third-order valence-electron chi connectivity index (χ3n) is 5.34. The molecule has 1 unspecified atom stereocenters. The first-order chi connectivity index (χ1) is 15.8. The number of rotatable bonds is 9. The molecule has 1 fully saturated rings. The van der Waals surface area contributed by atoms with Gasteiger partial charge in [0.2, 0.25) is 0 Å². The maximum Gasteiger partial charge on any atom is 0.295 e. The first-order valence-electron chi connectivity index (χ1n) is 10.9. The Bertz CT molecular complexity index is 1050. The predicted molar refractivity (Wildman–Crippen MR) is 128 cm³/mol. The molecule has 1 heterocycles. The van der Waals surface area contributed by atoms with Crippen molar-refractivity contribution in [3.8, 4) is 11.5 Å². The zero-order valence-corrected chi connectivity index (χ0v) is 20.1. The molecule has 1 aliphatic rings. The second-order valence-electron chi connectivity index (χ2n) is 7.88. The fraction of sp³-hybridized carbons (Fsp3) is 0.360. The second-order valence-corrected chi connectivity index (χ2v) is 8.28. The number of carbonyl (C=O) groups excluding carboxylic acids is 2. The van der Waals surface area contributed by atoms with Crippen LogP contribution in [0, 0.1) is 0 Å². The van der Waals surface area contributed by atoms with E-state index in [1.54, 1.807) is 24.3 Å². The largest absolute Gasteiger partial charge is 0.507 e. The van der Waals surface area contributed by atoms with Crippen LogP contribution in [0.4, 0.5) is 0 Å². The van der Waals surface area contributed by atoms with Crippen molar-refractivity contribution < 1.29 is 24.2 Å². The number of aliphatic hydroxyl groups excluding tert-OH is 1. The van der Waals surface area contributed by atoms with E-state index in [4.69, 9.17) is 21.1 Å². The van der Waals surface area contributed by atoms with Gasteiger partial charge in [-0.15, -0.1) is 0 Å². The molecule has 33 heavy (non-hydrogen) atoms. The van der Waals surface area contributed by atoms with Gasteiger partial charge in [-0.25, -0.2) is 0 Å². The number of likely N-dealkylation sites (N-methyl/N-ethyl adjacent to an activating group) is 1. The summed E-state index contributed by atoms with van der Waals surface area (Å²) in [6.07, 6.45) is 0. The van der Waals surface area contributed by atoms with Crippen molar-refractivity contribution in [1.82, 2.24) is 9.80 Å². The number of ketones is 1. The Morgan fingerprint density at radius 3 is 2.30 bits per heavy atom. The van der Waals surface area contributed by atoms with Crippen molar-refractivity contribution in [2.75, 3.05) is 40.4 Å². The Morgan fingerprint density at radius 1 is 1.06 bits per heavy atom. The second kappa shape index (κ2) is 10.7. The van der Waals surface area contributed by atoms with Crippen LogP contribution in [0.1, 0.15) is 31.0 Å². The SMILES string of the molecule is CCOc1ccc(C2/C(=C(/O)c3ccc(OCC)c(Cl)c3)C(=O)C(=O)N2CCN(C)C)cc1. The molecule has 8 heteroatoms. The third-order valence-corrected chi connectivity index (χ3v) is 5.64. The van der Waals surface area contributed by atoms with E-state index in [1.807, 2.05) is 45.0 Å². The Hall–Kier alpha value is -3.03. The van der Waals surface area contributed by atoms with Crippen molar-refractivity contribution in [1.29, 1.82) is 0 Å². The van der Waals surface area contributed by atoms with Gasteiger partial charge in [-0.1, -0.05) is 23.7 Å². The molecule has 0 bridgehead atoms. The summed E-state index contributed by atoms with van der Waals surface area (Å²) in [6.45, 7) is 5.60. The molecule has 2 aromatic carbocycles. The number of benzene rings is 2. The molecule has 0 spiro atoms. The van der Waals surface area contributed by atoms with Crippen LogP contribution in [-0.4, -0.2) is 67.0 Å². The van der Waals surface area contributed by atoms with Crippen molar-refractivity contribution in [2.45, 2.75) is 19.9 Å². The highest BCUT2D eigenvalue weighted by Crippen LogP contribution is 2.40. The minimum absolute atomic E-state index is 0.0307. The molecule has 1 amide bonds. The van der Waals surface area contributed by atoms with Crippen LogP contribution in [0.25, 0.3) is 5.76 Å². The number of halogens is 1. The molecule has 7 nitrogen and oxygen atoms in total. The van der Waals surface area contributed by atoms with Gasteiger partial charge in [-0.3, -0.25) is 9.59 Å². The van der Waals surface area contributed by atoms with E-state index in [2.05, 4.69) is 0 Å². The number of aliphatic hydroxyl groups is 1. The summed E-state index contributed by atoms with van der Waals surface area (Å²) in [4.78, 5) is 29.5. The topological polar surface area (TPSA) is 79.3 Å². The smallest absolute Gasteiger partial charge is 0.295 e. The van der Waals surface area contributed by atoms with Crippen LogP contribution in [0.3, 0.4) is 0 Å². The lowest BCUT2D eigenvalue weighted by Crippen LogP contribution is -2.35. The predicted octanol–water partition coefficient (Wildman–Crippen LogP) is 4.12. The van der Waals surface area contributed by atoms with Crippen LogP contribution < -0.4 is 9.47 Å². The number of hydrogen-bond acceptors (Lipinski definition) is 6. The van der Waals surface area contributed by atoms with Gasteiger partial charge in [0.25, 0.3) is 11.7 Å². The lowest BCUT2D eigenvalue weighted by molar-refractivity contribution is -0.140. The molecule has 1 aliphatic heterocycles. The van der Waals surface area contributed by atoms with E-state index < -0.39 is 17.7 Å². The molecule has 3 rings (SSSR count). The van der Waals surface area contributed by atoms with E-state index in [0.29, 0.717) is 54.0 Å². The number of ether oxygens (including phenoxy) is 2. The normalized spacial score (nSPS) is 17.6. The van der Waals surface area contributed by atoms with Crippen molar-refractivity contribution in [3.05, 3.63) is 64.2 Å². The summed E-state index contributed by atoms with van der Waals surface area (Å²) in [5, 5.41) is 11.5. The molecule has 0 saturated carbocycles. The van der Waals surface area contributed by atoms with E-state index in [-0.39, 0.29) is 11.3 Å². The van der Waals surface area contributed by atoms with Gasteiger partial charge in [0.05, 0.1) is 29.9 Å². The molecule has 0 aromatic heterocycles. The monoisotopic (exact) mass is 472 g/mol. The van der Waals surface area contributed by atoms with Crippen molar-refractivity contribution >= 4 is 29.1 Å². The number of carbonyl (C=O) groups is 2. The van der Waals surface area contributed by atoms with Crippen LogP contribution in [0.5, 0.6) is 11.5 Å². The van der Waals surface area contributed by atoms with E-state index >= 15 is 0 Å². The minimum atomic E-state index is -0.731. The summed E-state index contributed by atoms with van der Waals surface area (Å²) >= 11 is 6.30. The maximum absolute atomic E-state index is 13.1. The molecule has 1 atom stereocenters. The third kappa shape index (κ3) is 5.31. The highest BCUT2D eigenvalue weighted by Gasteiger charge is 2.45. The zero-order valence-electron chi connectivity index (χ0n) is 19.3. The Kier molecular flexibility index (Phi) is 8.00. The molecule has 0 aliphatic carbocycles. The number of amides is 1. The minimum Gasteiger partial charge on any atom is -0.507 e. The van der Waals surface area contributed by atoms with E-state index in [9.17, 15) is 14.7 Å². The van der Waals surface area contributed by atoms with Crippen molar-refractivity contribution in [3.63, 3.8) is 0 Å². The summed E-state index contributed by atoms with van der Waals surface area (Å²) in [5.74, 6) is -0.482. The molecule has 2 aromatic rings. The Balaban J connectivity index is 2.10. The maximum atomic E-state index is 13.1. The van der Waals surface area contributed by atoms with E-state index in [0.717, 1.165) is 0 Å². The molecular weight excluding hydrogens is 444 g/mol. The van der Waals surface area contributed by atoms with Crippen LogP contribution in [0.2, 0.25) is 5.02 Å². The van der Waals surface area contributed by atoms with Crippen molar-refractivity contribution in [2.24, 2.45) is 0 Å². The van der Waals surface area contributed by atoms with Crippen LogP contribution in [0.15, 0.2) is 48.0 Å². The molecule has 176 valence electrons. The molecule has 0 radical (unpaired) electrons. The number of hydrogen-bond donors (Lipinski definition) is 1. The van der Waals surface area contributed by atoms with E-state index in [1.165, 1.54) is 11.0 Å². The van der Waals surface area contributed by atoms with Gasteiger partial charge >= 0.3 is 0 Å². The first kappa shape index (κ1) is 24.6. The van der Waals surface area contributed by atoms with Gasteiger partial charge in [0, 0.05) is 18.7 Å². The lowest BCUT2D eigenvalue weighted by atomic mass is 9.95. The zero-order chi connectivity index (χ0) is 24.1. The fourth-order valence-corrected chi connectivity index (χ4v) is 3.99. The van der Waals surface area contributed by atoms with Gasteiger partial charge in [0.15, 0.2) is 0 Å². The highest BCUT2D eigenvalue weighted by atomic mass is 35.5. The quantitative estimate of drug-likeness (QED) is 0.336. The standard InChI is InChI=1S/C25H29ClN2O5/c1-5-32-18-10-7-16(8-11-18)22-21(24(30)25(31)28(22)14-13-27(3)4)23(29)17-9-12-20(33-6-2)19(26)15-17/h7-12,15,22,29H,5-6,13-14H2,1-4H3/b23-21-. The number of nitrogens with zero attached hydrogens (tertiary/aromatic N) is 2. The lowest BCUT2D eigenvalue weighted by Gasteiger charge is -2.26. The first-order valence-corrected chi connectivity index (χ1v) is 11.2. The van der Waals surface area contributed by atoms with Gasteiger partial charge < -0.3 is 24.4 Å². The van der Waals surface area contributed by atoms with Crippen LogP contribution in [-0.2, 0) is 9.59 Å². The highest BCUT2D eigenvalue weighted by molar-refractivity contribution is 6.46. The number of likely N-dealkylation sites (tertiary alicyclic amines) is 1. The summed E-state index contributed by atoms with van der Waals surface area (Å²) in [7, 11) is 3.79. The molecule has 1 saturated heterocycles. The average Bonchev–Trinajstić information content (AvgIpc) is 3.04. The molecular formula is C25H29ClN2O5. The summed E-state index contributed by atoms with van der Waals surface area (Å²) in [6, 6.07) is 11.3. The Morgan fingerprint density at radius 2 is 1.73 bits per heavy atom. The summed E-state index contributed by atoms with van der Waals surface area (Å²) in [5.41, 5.74) is 1.07. The number of Topliss-reactive ketones (excluding diaryl/α,β-unsaturated/α-hetero) is 1. The van der Waals surface area contributed by atoms with Gasteiger partial charge in [0.1, 0.15) is 17.3 Å². The van der Waals surface area contributed by atoms with Gasteiger partial charge in [-0.05, 0) is 63.8 Å². The Labute approximate surface area is 199 Å². The average molecular weight is 473 g/mol. The summed E-state index contributed by atoms with van der Waals surface area (Å²) < 4.78 is 11.0. The fourth-order valence-electron chi connectivity index (χ4n) is 3.75. The van der Waals surface area contributed by atoms with Crippen LogP contribution >= 0.6 is 11.6 Å². The van der Waals surface area contributed by atoms with Gasteiger partial charge in [-0.2, -0.15) is 0 Å². The molecule has 1 N–H and O–H groups in total.